The van der Waals surface area contributed by atoms with E-state index in [-0.39, 0.29) is 6.47 Å². The lowest BCUT2D eigenvalue weighted by Gasteiger charge is -2.25. The van der Waals surface area contributed by atoms with Crippen molar-refractivity contribution in [1.29, 1.82) is 0 Å². The second kappa shape index (κ2) is 6.19. The number of carboxylic acid groups (broad SMARTS) is 1. The molecule has 0 unspecified atom stereocenters. The Morgan fingerprint density at radius 2 is 1.87 bits per heavy atom. The maximum Gasteiger partial charge on any atom is 0.290 e. The Kier molecular flexibility index (Phi) is 4.84. The Morgan fingerprint density at radius 1 is 1.33 bits per heavy atom. The molecular weight excluding hydrogens is 190 g/mol. The predicted octanol–water partition coefficient (Wildman–Crippen LogP) is 2.11. The van der Waals surface area contributed by atoms with Crippen LogP contribution in [0.3, 0.4) is 0 Å². The van der Waals surface area contributed by atoms with Crippen LogP contribution in [0, 0.1) is 0 Å². The number of benzene rings is 1. The molecule has 3 nitrogen and oxygen atoms in total. The van der Waals surface area contributed by atoms with Gasteiger partial charge in [-0.25, -0.2) is 0 Å². The first-order valence-corrected chi connectivity index (χ1v) is 5.18. The van der Waals surface area contributed by atoms with Crippen LogP contribution >= 0.6 is 0 Å². The van der Waals surface area contributed by atoms with E-state index in [1.165, 1.54) is 30.4 Å². The average Bonchev–Trinajstić information content (AvgIpc) is 2.18. The molecule has 0 heterocycles. The van der Waals surface area contributed by atoms with E-state index in [0.717, 1.165) is 5.92 Å². The molecule has 1 fully saturated rings. The molecule has 1 saturated carbocycles. The second-order valence-corrected chi connectivity index (χ2v) is 3.68. The van der Waals surface area contributed by atoms with Crippen molar-refractivity contribution in [2.45, 2.75) is 31.7 Å². The fraction of sp³-hybridized carbons (Fsp3) is 0.417. The fourth-order valence-corrected chi connectivity index (χ4v) is 1.67. The Morgan fingerprint density at radius 3 is 2.20 bits per heavy atom. The van der Waals surface area contributed by atoms with Gasteiger partial charge in [-0.1, -0.05) is 30.7 Å². The summed E-state index contributed by atoms with van der Waals surface area (Å²) in [4.78, 5) is 8.36. The van der Waals surface area contributed by atoms with Crippen molar-refractivity contribution in [3.05, 3.63) is 35.4 Å². The molecule has 0 saturated heterocycles. The molecule has 1 aliphatic rings. The van der Waals surface area contributed by atoms with Crippen molar-refractivity contribution in [2.75, 3.05) is 0 Å². The summed E-state index contributed by atoms with van der Waals surface area (Å²) in [6.45, 7) is 0.408. The van der Waals surface area contributed by atoms with E-state index in [2.05, 4.69) is 24.3 Å². The minimum atomic E-state index is -0.250. The molecule has 0 atom stereocenters. The van der Waals surface area contributed by atoms with Crippen LogP contribution in [0.5, 0.6) is 0 Å². The molecule has 0 bridgehead atoms. The summed E-state index contributed by atoms with van der Waals surface area (Å²) in [5, 5.41) is 6.89. The van der Waals surface area contributed by atoms with Crippen LogP contribution in [0.1, 0.15) is 36.3 Å². The smallest absolute Gasteiger partial charge is 0.290 e. The highest BCUT2D eigenvalue weighted by Crippen LogP contribution is 2.36. The van der Waals surface area contributed by atoms with Crippen molar-refractivity contribution < 1.29 is 9.90 Å². The van der Waals surface area contributed by atoms with Gasteiger partial charge < -0.3 is 10.8 Å². The van der Waals surface area contributed by atoms with E-state index in [4.69, 9.17) is 15.6 Å². The SMILES string of the molecule is NCc1ccc(C2CCC2)cc1.O=CO. The maximum absolute atomic E-state index is 8.36. The van der Waals surface area contributed by atoms with Gasteiger partial charge in [0.1, 0.15) is 0 Å². The highest BCUT2D eigenvalue weighted by Gasteiger charge is 2.18. The summed E-state index contributed by atoms with van der Waals surface area (Å²) >= 11 is 0. The fourth-order valence-electron chi connectivity index (χ4n) is 1.67. The van der Waals surface area contributed by atoms with Gasteiger partial charge in [-0.2, -0.15) is 0 Å². The van der Waals surface area contributed by atoms with Gasteiger partial charge in [-0.15, -0.1) is 0 Å². The van der Waals surface area contributed by atoms with Crippen LogP contribution < -0.4 is 5.73 Å². The van der Waals surface area contributed by atoms with Gasteiger partial charge in [0.25, 0.3) is 6.47 Å². The number of carbonyl (C=O) groups is 1. The first kappa shape index (κ1) is 11.7. The second-order valence-electron chi connectivity index (χ2n) is 3.68. The third-order valence-electron chi connectivity index (χ3n) is 2.79. The molecule has 1 aromatic carbocycles. The van der Waals surface area contributed by atoms with E-state index in [1.54, 1.807) is 0 Å². The minimum absolute atomic E-state index is 0.250. The molecule has 82 valence electrons. The van der Waals surface area contributed by atoms with Crippen molar-refractivity contribution >= 4 is 6.47 Å². The van der Waals surface area contributed by atoms with Gasteiger partial charge in [0.05, 0.1) is 0 Å². The first-order valence-electron chi connectivity index (χ1n) is 5.18. The van der Waals surface area contributed by atoms with E-state index in [1.807, 2.05) is 0 Å². The lowest BCUT2D eigenvalue weighted by atomic mass is 9.80. The molecule has 0 radical (unpaired) electrons. The van der Waals surface area contributed by atoms with Gasteiger partial charge in [-0.3, -0.25) is 4.79 Å². The lowest BCUT2D eigenvalue weighted by Crippen LogP contribution is -2.08. The highest BCUT2D eigenvalue weighted by molar-refractivity contribution is 5.32. The molecule has 3 heteroatoms. The van der Waals surface area contributed by atoms with Gasteiger partial charge in [0.2, 0.25) is 0 Å². The van der Waals surface area contributed by atoms with Gasteiger partial charge in [-0.05, 0) is 29.9 Å². The first-order chi connectivity index (χ1) is 7.31. The highest BCUT2D eigenvalue weighted by atomic mass is 16.3. The molecule has 2 rings (SSSR count). The van der Waals surface area contributed by atoms with Gasteiger partial charge in [0.15, 0.2) is 0 Å². The summed E-state index contributed by atoms with van der Waals surface area (Å²) in [5.74, 6) is 0.844. The topological polar surface area (TPSA) is 63.3 Å². The largest absolute Gasteiger partial charge is 0.483 e. The van der Waals surface area contributed by atoms with E-state index < -0.39 is 0 Å². The van der Waals surface area contributed by atoms with Crippen molar-refractivity contribution in [3.8, 4) is 0 Å². The van der Waals surface area contributed by atoms with Crippen LogP contribution in [0.15, 0.2) is 24.3 Å². The van der Waals surface area contributed by atoms with Crippen LogP contribution in [-0.4, -0.2) is 11.6 Å². The minimum Gasteiger partial charge on any atom is -0.483 e. The zero-order valence-corrected chi connectivity index (χ0v) is 8.73. The standard InChI is InChI=1S/C11H15N.CH2O2/c12-8-9-4-6-11(7-5-9)10-2-1-3-10;2-1-3/h4-7,10H,1-3,8,12H2;1H,(H,2,3). The summed E-state index contributed by atoms with van der Waals surface area (Å²) < 4.78 is 0. The molecule has 0 spiro atoms. The van der Waals surface area contributed by atoms with E-state index >= 15 is 0 Å². The monoisotopic (exact) mass is 207 g/mol. The Balaban J connectivity index is 0.000000337. The van der Waals surface area contributed by atoms with Crippen LogP contribution in [0.2, 0.25) is 0 Å². The molecule has 3 N–H and O–H groups in total. The molecule has 0 aromatic heterocycles. The predicted molar refractivity (Wildman–Crippen MR) is 59.6 cm³/mol. The van der Waals surface area contributed by atoms with Crippen LogP contribution in [0.25, 0.3) is 0 Å². The molecule has 0 aliphatic heterocycles. The molecule has 15 heavy (non-hydrogen) atoms. The normalized spacial score (nSPS) is 14.7. The van der Waals surface area contributed by atoms with Gasteiger partial charge >= 0.3 is 0 Å². The lowest BCUT2D eigenvalue weighted by molar-refractivity contribution is -0.122. The average molecular weight is 207 g/mol. The third kappa shape index (κ3) is 3.36. The Labute approximate surface area is 89.9 Å². The molecular formula is C12H17NO2. The van der Waals surface area contributed by atoms with Crippen molar-refractivity contribution in [1.82, 2.24) is 0 Å². The van der Waals surface area contributed by atoms with E-state index in [9.17, 15) is 0 Å². The van der Waals surface area contributed by atoms with E-state index in [0.29, 0.717) is 6.54 Å². The molecule has 0 amide bonds. The van der Waals surface area contributed by atoms with Gasteiger partial charge in [0, 0.05) is 6.54 Å². The Bertz CT molecular complexity index is 291. The van der Waals surface area contributed by atoms with Crippen molar-refractivity contribution in [3.63, 3.8) is 0 Å². The summed E-state index contributed by atoms with van der Waals surface area (Å²) in [6, 6.07) is 8.75. The number of hydrogen-bond donors (Lipinski definition) is 2. The Hall–Kier alpha value is -1.35. The van der Waals surface area contributed by atoms with Crippen molar-refractivity contribution in [2.24, 2.45) is 5.73 Å². The summed E-state index contributed by atoms with van der Waals surface area (Å²) in [7, 11) is 0. The number of rotatable bonds is 2. The van der Waals surface area contributed by atoms with Crippen LogP contribution in [-0.2, 0) is 11.3 Å². The third-order valence-corrected chi connectivity index (χ3v) is 2.79. The quantitative estimate of drug-likeness (QED) is 0.730. The zero-order valence-electron chi connectivity index (χ0n) is 8.73. The molecule has 1 aromatic rings. The summed E-state index contributed by atoms with van der Waals surface area (Å²) in [5.41, 5.74) is 8.26. The zero-order chi connectivity index (χ0) is 11.1. The summed E-state index contributed by atoms with van der Waals surface area (Å²) in [6.07, 6.45) is 4.16. The number of hydrogen-bond acceptors (Lipinski definition) is 2. The number of nitrogens with two attached hydrogens (primary N) is 1. The van der Waals surface area contributed by atoms with Crippen LogP contribution in [0.4, 0.5) is 0 Å². The maximum atomic E-state index is 8.36. The molecule has 1 aliphatic carbocycles.